The summed E-state index contributed by atoms with van der Waals surface area (Å²) in [6.45, 7) is 11.0. The molecule has 0 spiro atoms. The van der Waals surface area contributed by atoms with Crippen molar-refractivity contribution in [3.63, 3.8) is 0 Å². The molecular formula is C29H36N8O. The van der Waals surface area contributed by atoms with Crippen LogP contribution in [-0.4, -0.2) is 48.2 Å². The number of amides is 1. The van der Waals surface area contributed by atoms with Gasteiger partial charge in [-0.25, -0.2) is 4.52 Å². The quantitative estimate of drug-likeness (QED) is 0.496. The van der Waals surface area contributed by atoms with Crippen LogP contribution >= 0.6 is 0 Å². The number of nitrogens with one attached hydrogen (secondary N) is 1. The van der Waals surface area contributed by atoms with Gasteiger partial charge in [0.05, 0.1) is 28.9 Å². The van der Waals surface area contributed by atoms with E-state index in [1.807, 2.05) is 53.8 Å². The molecule has 2 unspecified atom stereocenters. The molecule has 38 heavy (non-hydrogen) atoms. The summed E-state index contributed by atoms with van der Waals surface area (Å²) in [4.78, 5) is 16.1. The van der Waals surface area contributed by atoms with E-state index in [2.05, 4.69) is 60.6 Å². The fraction of sp³-hybridized carbons (Fsp3) is 0.414. The van der Waals surface area contributed by atoms with Crippen molar-refractivity contribution in [3.8, 4) is 0 Å². The van der Waals surface area contributed by atoms with E-state index in [9.17, 15) is 4.79 Å². The summed E-state index contributed by atoms with van der Waals surface area (Å²) < 4.78 is 3.69. The third-order valence-corrected chi connectivity index (χ3v) is 7.62. The molecule has 0 saturated carbocycles. The molecule has 1 N–H and O–H groups in total. The molecule has 0 fully saturated rings. The second-order valence-corrected chi connectivity index (χ2v) is 10.2. The molecule has 2 aliphatic rings. The van der Waals surface area contributed by atoms with Crippen LogP contribution in [0.3, 0.4) is 0 Å². The summed E-state index contributed by atoms with van der Waals surface area (Å²) in [5.41, 5.74) is 8.38. The van der Waals surface area contributed by atoms with Crippen molar-refractivity contribution in [2.24, 2.45) is 23.2 Å². The van der Waals surface area contributed by atoms with Crippen LogP contribution in [0.1, 0.15) is 70.1 Å². The van der Waals surface area contributed by atoms with Gasteiger partial charge in [-0.2, -0.15) is 15.3 Å². The van der Waals surface area contributed by atoms with Gasteiger partial charge in [0.15, 0.2) is 0 Å². The van der Waals surface area contributed by atoms with Crippen LogP contribution in [0.5, 0.6) is 0 Å². The summed E-state index contributed by atoms with van der Waals surface area (Å²) in [6, 6.07) is 9.81. The van der Waals surface area contributed by atoms with Gasteiger partial charge in [0.1, 0.15) is 11.4 Å². The van der Waals surface area contributed by atoms with Crippen molar-refractivity contribution in [1.82, 2.24) is 29.6 Å². The highest BCUT2D eigenvalue weighted by Crippen LogP contribution is 2.36. The predicted molar refractivity (Wildman–Crippen MR) is 150 cm³/mol. The van der Waals surface area contributed by atoms with Crippen molar-refractivity contribution >= 4 is 22.8 Å². The first kappa shape index (κ1) is 25.6. The molecule has 9 heteroatoms. The average molecular weight is 513 g/mol. The third-order valence-electron chi connectivity index (χ3n) is 7.62. The zero-order valence-electron chi connectivity index (χ0n) is 23.1. The van der Waals surface area contributed by atoms with Crippen molar-refractivity contribution in [3.05, 3.63) is 76.7 Å². The molecule has 2 atom stereocenters. The van der Waals surface area contributed by atoms with E-state index in [0.29, 0.717) is 12.3 Å². The number of carbonyl (C=O) groups is 1. The molecule has 3 aromatic heterocycles. The van der Waals surface area contributed by atoms with Crippen molar-refractivity contribution in [2.45, 2.75) is 59.9 Å². The van der Waals surface area contributed by atoms with E-state index >= 15 is 0 Å². The SMILES string of the molecule is CCC(C)=CNC1=C(C)C(c2cc3cccc(C)n3n2)N(C(=O)C2=NN=C(c3ccn(C)n3)C2CC)CC1. The van der Waals surface area contributed by atoms with Crippen molar-refractivity contribution < 1.29 is 4.79 Å². The summed E-state index contributed by atoms with van der Waals surface area (Å²) in [7, 11) is 1.87. The number of aryl methyl sites for hydroxylation is 2. The molecule has 2 aliphatic heterocycles. The number of aromatic nitrogens is 4. The lowest BCUT2D eigenvalue weighted by Gasteiger charge is -2.37. The number of rotatable bonds is 7. The minimum atomic E-state index is -0.313. The highest BCUT2D eigenvalue weighted by Gasteiger charge is 2.40. The second-order valence-electron chi connectivity index (χ2n) is 10.2. The van der Waals surface area contributed by atoms with Gasteiger partial charge in [0.25, 0.3) is 5.91 Å². The van der Waals surface area contributed by atoms with E-state index in [1.54, 1.807) is 4.68 Å². The number of nitrogens with zero attached hydrogens (tertiary/aromatic N) is 7. The molecule has 9 nitrogen and oxygen atoms in total. The van der Waals surface area contributed by atoms with Crippen LogP contribution in [0.4, 0.5) is 0 Å². The zero-order chi connectivity index (χ0) is 27.0. The van der Waals surface area contributed by atoms with Crippen LogP contribution in [0.15, 0.2) is 69.8 Å². The van der Waals surface area contributed by atoms with E-state index in [4.69, 9.17) is 5.10 Å². The van der Waals surface area contributed by atoms with E-state index in [1.165, 1.54) is 5.57 Å². The first-order valence-electron chi connectivity index (χ1n) is 13.4. The fourth-order valence-electron chi connectivity index (χ4n) is 5.25. The highest BCUT2D eigenvalue weighted by atomic mass is 16.2. The number of hydrogen-bond acceptors (Lipinski definition) is 6. The Morgan fingerprint density at radius 2 is 1.97 bits per heavy atom. The summed E-state index contributed by atoms with van der Waals surface area (Å²) in [5.74, 6) is -0.288. The maximum atomic E-state index is 14.2. The Morgan fingerprint density at radius 3 is 2.66 bits per heavy atom. The number of hydrogen-bond donors (Lipinski definition) is 1. The lowest BCUT2D eigenvalue weighted by atomic mass is 9.90. The monoisotopic (exact) mass is 512 g/mol. The van der Waals surface area contributed by atoms with Crippen LogP contribution in [0, 0.1) is 12.8 Å². The van der Waals surface area contributed by atoms with E-state index in [-0.39, 0.29) is 17.9 Å². The molecule has 198 valence electrons. The summed E-state index contributed by atoms with van der Waals surface area (Å²) in [6.07, 6.45) is 6.38. The van der Waals surface area contributed by atoms with Gasteiger partial charge < -0.3 is 10.2 Å². The highest BCUT2D eigenvalue weighted by molar-refractivity contribution is 6.45. The van der Waals surface area contributed by atoms with E-state index in [0.717, 1.165) is 58.8 Å². The molecule has 0 aromatic carbocycles. The second kappa shape index (κ2) is 10.4. The Kier molecular flexibility index (Phi) is 7.01. The number of pyridine rings is 1. The normalized spacial score (nSPS) is 20.3. The molecule has 1 amide bonds. The third kappa shape index (κ3) is 4.57. The molecule has 0 aliphatic carbocycles. The standard InChI is InChI=1S/C29H36N8O/c1-7-18(3)17-30-23-13-15-36(28(20(23)5)25-16-21-11-9-10-19(4)37(21)34-25)29(38)27-22(8-2)26(31-32-27)24-12-14-35(6)33-24/h9-12,14,16-17,22,28,30H,7-8,13,15H2,1-6H3. The lowest BCUT2D eigenvalue weighted by Crippen LogP contribution is -2.46. The lowest BCUT2D eigenvalue weighted by molar-refractivity contribution is -0.126. The Balaban J connectivity index is 1.52. The first-order valence-corrected chi connectivity index (χ1v) is 13.4. The van der Waals surface area contributed by atoms with Crippen LogP contribution < -0.4 is 5.32 Å². The Morgan fingerprint density at radius 1 is 1.16 bits per heavy atom. The van der Waals surface area contributed by atoms with Gasteiger partial charge in [-0.15, -0.1) is 5.10 Å². The molecule has 0 bridgehead atoms. The molecule has 0 saturated heterocycles. The minimum absolute atomic E-state index is 0.0935. The predicted octanol–water partition coefficient (Wildman–Crippen LogP) is 4.71. The number of fused-ring (bicyclic) bond motifs is 1. The van der Waals surface area contributed by atoms with Gasteiger partial charge >= 0.3 is 0 Å². The number of allylic oxidation sites excluding steroid dienone is 1. The van der Waals surface area contributed by atoms with Crippen molar-refractivity contribution in [1.29, 1.82) is 0 Å². The van der Waals surface area contributed by atoms with Gasteiger partial charge in [0, 0.05) is 37.6 Å². The Hall–Kier alpha value is -4.01. The molecule has 0 radical (unpaired) electrons. The first-order chi connectivity index (χ1) is 18.3. The zero-order valence-corrected chi connectivity index (χ0v) is 23.1. The van der Waals surface area contributed by atoms with Gasteiger partial charge in [-0.1, -0.05) is 25.5 Å². The van der Waals surface area contributed by atoms with Crippen LogP contribution in [-0.2, 0) is 11.8 Å². The fourth-order valence-corrected chi connectivity index (χ4v) is 5.25. The summed E-state index contributed by atoms with van der Waals surface area (Å²) in [5, 5.41) is 21.9. The van der Waals surface area contributed by atoms with Gasteiger partial charge in [-0.3, -0.25) is 9.48 Å². The summed E-state index contributed by atoms with van der Waals surface area (Å²) >= 11 is 0. The smallest absolute Gasteiger partial charge is 0.271 e. The Labute approximate surface area is 223 Å². The number of carbonyl (C=O) groups excluding carboxylic acids is 1. The largest absolute Gasteiger partial charge is 0.365 e. The minimum Gasteiger partial charge on any atom is -0.365 e. The maximum Gasteiger partial charge on any atom is 0.271 e. The van der Waals surface area contributed by atoms with Gasteiger partial charge in [0.2, 0.25) is 0 Å². The van der Waals surface area contributed by atoms with Crippen LogP contribution in [0.2, 0.25) is 0 Å². The molecule has 5 heterocycles. The topological polar surface area (TPSA) is 92.2 Å². The average Bonchev–Trinajstić information content (AvgIpc) is 3.65. The molecular weight excluding hydrogens is 476 g/mol. The van der Waals surface area contributed by atoms with Crippen LogP contribution in [0.25, 0.3) is 5.52 Å². The molecule has 5 rings (SSSR count). The maximum absolute atomic E-state index is 14.2. The molecule has 3 aromatic rings. The van der Waals surface area contributed by atoms with Gasteiger partial charge in [-0.05, 0) is 69.7 Å². The van der Waals surface area contributed by atoms with Crippen molar-refractivity contribution in [2.75, 3.05) is 6.54 Å². The Bertz CT molecular complexity index is 1500. The van der Waals surface area contributed by atoms with E-state index < -0.39 is 0 Å².